The van der Waals surface area contributed by atoms with E-state index in [1.807, 2.05) is 12.1 Å². The third-order valence-electron chi connectivity index (χ3n) is 7.05. The highest BCUT2D eigenvalue weighted by Gasteiger charge is 2.48. The largest absolute Gasteiger partial charge is 0.479 e. The zero-order valence-electron chi connectivity index (χ0n) is 19.4. The number of aromatic amines is 1. The molecule has 2 heterocycles. The number of hydrogen-bond donors (Lipinski definition) is 2. The fourth-order valence-corrected chi connectivity index (χ4v) is 5.55. The SMILES string of the molecule is COCC(C)(C)c1c([C@@H]2CC[C@@](F)(C(=O)O)C2)c2cc3[nH]ncc3cc2n1-c1ccc(F)cc1. The van der Waals surface area contributed by atoms with E-state index < -0.39 is 17.1 Å². The number of nitrogens with one attached hydrogen (secondary N) is 1. The zero-order chi connectivity index (χ0) is 24.3. The first-order valence-corrected chi connectivity index (χ1v) is 11.3. The normalized spacial score (nSPS) is 21.0. The summed E-state index contributed by atoms with van der Waals surface area (Å²) in [5.74, 6) is -2.04. The summed E-state index contributed by atoms with van der Waals surface area (Å²) in [5.41, 5.74) is 1.55. The topological polar surface area (TPSA) is 80.1 Å². The second-order valence-electron chi connectivity index (χ2n) is 9.93. The number of benzene rings is 2. The number of aliphatic carboxylic acids is 1. The molecule has 0 amide bonds. The van der Waals surface area contributed by atoms with Gasteiger partial charge in [0, 0.05) is 34.7 Å². The van der Waals surface area contributed by atoms with E-state index in [0.29, 0.717) is 13.0 Å². The Bertz CT molecular complexity index is 1390. The molecule has 0 saturated heterocycles. The van der Waals surface area contributed by atoms with Crippen molar-refractivity contribution < 1.29 is 23.4 Å². The van der Waals surface area contributed by atoms with Crippen molar-refractivity contribution in [2.75, 3.05) is 13.7 Å². The quantitative estimate of drug-likeness (QED) is 0.385. The van der Waals surface area contributed by atoms with E-state index in [1.54, 1.807) is 25.4 Å². The van der Waals surface area contributed by atoms with Crippen LogP contribution in [0.3, 0.4) is 0 Å². The van der Waals surface area contributed by atoms with Gasteiger partial charge >= 0.3 is 5.97 Å². The van der Waals surface area contributed by atoms with Gasteiger partial charge in [0.2, 0.25) is 5.67 Å². The number of hydrogen-bond acceptors (Lipinski definition) is 3. The second kappa shape index (κ2) is 7.91. The molecule has 1 aliphatic carbocycles. The smallest absolute Gasteiger partial charge is 0.341 e. The monoisotopic (exact) mass is 467 g/mol. The summed E-state index contributed by atoms with van der Waals surface area (Å²) in [6.07, 6.45) is 2.03. The number of fused-ring (bicyclic) bond motifs is 2. The van der Waals surface area contributed by atoms with Gasteiger partial charge in [-0.15, -0.1) is 0 Å². The molecule has 4 aromatic rings. The van der Waals surface area contributed by atoms with Crippen LogP contribution in [-0.2, 0) is 14.9 Å². The number of carbonyl (C=O) groups is 1. The molecule has 2 N–H and O–H groups in total. The minimum atomic E-state index is -2.25. The number of H-pyrrole nitrogens is 1. The van der Waals surface area contributed by atoms with Gasteiger partial charge in [0.05, 0.1) is 23.8 Å². The maximum absolute atomic E-state index is 15.2. The molecule has 1 saturated carbocycles. The maximum atomic E-state index is 15.2. The molecule has 0 unspecified atom stereocenters. The number of carboxylic acids is 1. The molecule has 178 valence electrons. The number of methoxy groups -OCH3 is 1. The van der Waals surface area contributed by atoms with Crippen molar-refractivity contribution in [1.82, 2.24) is 14.8 Å². The molecule has 0 radical (unpaired) electrons. The standard InChI is InChI=1S/C26H27F2N3O3/c1-25(2,14-34-3)23-22(15-8-9-26(28,12-15)24(32)33)19-11-20-16(13-29-30-20)10-21(19)31(23)18-6-4-17(27)5-7-18/h4-7,10-11,13,15H,8-9,12,14H2,1-3H3,(H,29,30)(H,32,33)/t15-,26+/m1/s1. The molecular formula is C26H27F2N3O3. The van der Waals surface area contributed by atoms with E-state index in [4.69, 9.17) is 4.74 Å². The Kier molecular flexibility index (Phi) is 5.24. The lowest BCUT2D eigenvalue weighted by Gasteiger charge is -2.29. The number of ether oxygens (including phenoxy) is 1. The number of aromatic nitrogens is 3. The van der Waals surface area contributed by atoms with Crippen LogP contribution >= 0.6 is 0 Å². The minimum absolute atomic E-state index is 0.0350. The predicted octanol–water partition coefficient (Wildman–Crippen LogP) is 5.63. The predicted molar refractivity (Wildman–Crippen MR) is 126 cm³/mol. The Balaban J connectivity index is 1.87. The van der Waals surface area contributed by atoms with E-state index >= 15 is 4.39 Å². The van der Waals surface area contributed by atoms with Crippen molar-refractivity contribution in [3.63, 3.8) is 0 Å². The van der Waals surface area contributed by atoms with Gasteiger partial charge in [-0.1, -0.05) is 13.8 Å². The van der Waals surface area contributed by atoms with Gasteiger partial charge in [0.1, 0.15) is 5.82 Å². The van der Waals surface area contributed by atoms with Crippen molar-refractivity contribution in [2.24, 2.45) is 0 Å². The van der Waals surface area contributed by atoms with Crippen molar-refractivity contribution in [3.05, 3.63) is 59.7 Å². The second-order valence-corrected chi connectivity index (χ2v) is 9.93. The lowest BCUT2D eigenvalue weighted by Crippen LogP contribution is -2.31. The van der Waals surface area contributed by atoms with Gasteiger partial charge in [0.25, 0.3) is 0 Å². The molecule has 2 aromatic heterocycles. The lowest BCUT2D eigenvalue weighted by molar-refractivity contribution is -0.150. The third-order valence-corrected chi connectivity index (χ3v) is 7.05. The Morgan fingerprint density at radius 2 is 2.06 bits per heavy atom. The average Bonchev–Trinajstić information content (AvgIpc) is 3.48. The first-order valence-electron chi connectivity index (χ1n) is 11.3. The summed E-state index contributed by atoms with van der Waals surface area (Å²) in [5, 5.41) is 18.5. The highest BCUT2D eigenvalue weighted by molar-refractivity contribution is 5.99. The molecule has 8 heteroatoms. The number of alkyl halides is 1. The molecule has 1 aliphatic rings. The first-order chi connectivity index (χ1) is 16.1. The average molecular weight is 468 g/mol. The van der Waals surface area contributed by atoms with Crippen molar-refractivity contribution in [1.29, 1.82) is 0 Å². The Morgan fingerprint density at radius 1 is 1.32 bits per heavy atom. The molecule has 0 aliphatic heterocycles. The van der Waals surface area contributed by atoms with Gasteiger partial charge in [-0.25, -0.2) is 13.6 Å². The van der Waals surface area contributed by atoms with Gasteiger partial charge in [-0.2, -0.15) is 5.10 Å². The summed E-state index contributed by atoms with van der Waals surface area (Å²) < 4.78 is 36.7. The van der Waals surface area contributed by atoms with E-state index in [9.17, 15) is 14.3 Å². The highest BCUT2D eigenvalue weighted by Crippen LogP contribution is 2.50. The Hall–Kier alpha value is -3.26. The molecule has 2 aromatic carbocycles. The lowest BCUT2D eigenvalue weighted by atomic mass is 9.82. The molecule has 5 rings (SSSR count). The molecular weight excluding hydrogens is 440 g/mol. The van der Waals surface area contributed by atoms with Gasteiger partial charge < -0.3 is 14.4 Å². The zero-order valence-corrected chi connectivity index (χ0v) is 19.4. The van der Waals surface area contributed by atoms with Crippen LogP contribution in [0.4, 0.5) is 8.78 Å². The van der Waals surface area contributed by atoms with Crippen LogP contribution in [0.1, 0.15) is 50.3 Å². The molecule has 6 nitrogen and oxygen atoms in total. The van der Waals surface area contributed by atoms with Crippen LogP contribution in [0.25, 0.3) is 27.5 Å². The van der Waals surface area contributed by atoms with E-state index in [-0.39, 0.29) is 24.6 Å². The molecule has 2 atom stereocenters. The summed E-state index contributed by atoms with van der Waals surface area (Å²) in [6, 6.07) is 10.3. The van der Waals surface area contributed by atoms with Crippen LogP contribution in [0, 0.1) is 5.82 Å². The third kappa shape index (κ3) is 3.48. The number of rotatable bonds is 6. The fourth-order valence-electron chi connectivity index (χ4n) is 5.55. The number of halogens is 2. The number of carboxylic acid groups (broad SMARTS) is 1. The van der Waals surface area contributed by atoms with E-state index in [0.717, 1.165) is 38.8 Å². The molecule has 34 heavy (non-hydrogen) atoms. The van der Waals surface area contributed by atoms with Crippen LogP contribution < -0.4 is 0 Å². The van der Waals surface area contributed by atoms with Gasteiger partial charge in [-0.05, 0) is 67.1 Å². The van der Waals surface area contributed by atoms with E-state index in [2.05, 4.69) is 28.6 Å². The van der Waals surface area contributed by atoms with Crippen molar-refractivity contribution >= 4 is 27.8 Å². The molecule has 1 fully saturated rings. The van der Waals surface area contributed by atoms with Crippen LogP contribution in [0.5, 0.6) is 0 Å². The first kappa shape index (κ1) is 22.5. The summed E-state index contributed by atoms with van der Waals surface area (Å²) in [6.45, 7) is 4.50. The van der Waals surface area contributed by atoms with Crippen LogP contribution in [0.2, 0.25) is 0 Å². The highest BCUT2D eigenvalue weighted by atomic mass is 19.1. The summed E-state index contributed by atoms with van der Waals surface area (Å²) >= 11 is 0. The summed E-state index contributed by atoms with van der Waals surface area (Å²) in [7, 11) is 1.63. The van der Waals surface area contributed by atoms with Crippen molar-refractivity contribution in [3.8, 4) is 5.69 Å². The van der Waals surface area contributed by atoms with E-state index in [1.165, 1.54) is 12.1 Å². The minimum Gasteiger partial charge on any atom is -0.479 e. The summed E-state index contributed by atoms with van der Waals surface area (Å²) in [4.78, 5) is 11.7. The van der Waals surface area contributed by atoms with Gasteiger partial charge in [0.15, 0.2) is 0 Å². The van der Waals surface area contributed by atoms with Crippen LogP contribution in [-0.4, -0.2) is 45.2 Å². The Morgan fingerprint density at radius 3 is 2.71 bits per heavy atom. The van der Waals surface area contributed by atoms with Crippen molar-refractivity contribution in [2.45, 2.75) is 50.1 Å². The Labute approximate surface area is 195 Å². The fraction of sp³-hybridized carbons (Fsp3) is 0.385. The molecule has 0 spiro atoms. The van der Waals surface area contributed by atoms with Gasteiger partial charge in [-0.3, -0.25) is 5.10 Å². The molecule has 0 bridgehead atoms. The number of nitrogens with zero attached hydrogens (tertiary/aromatic N) is 2. The van der Waals surface area contributed by atoms with Crippen LogP contribution in [0.15, 0.2) is 42.6 Å². The maximum Gasteiger partial charge on any atom is 0.341 e.